The van der Waals surface area contributed by atoms with Crippen molar-refractivity contribution in [3.8, 4) is 11.5 Å². The maximum absolute atomic E-state index is 11.3. The van der Waals surface area contributed by atoms with Crippen molar-refractivity contribution < 1.29 is 9.84 Å². The number of ether oxygens (including phenoxy) is 1. The van der Waals surface area contributed by atoms with Gasteiger partial charge in [0.05, 0.1) is 12.5 Å². The van der Waals surface area contributed by atoms with E-state index in [1.165, 1.54) is 13.2 Å². The summed E-state index contributed by atoms with van der Waals surface area (Å²) in [5.41, 5.74) is -0.222. The van der Waals surface area contributed by atoms with Gasteiger partial charge in [-0.15, -0.1) is 0 Å². The Morgan fingerprint density at radius 2 is 2.21 bits per heavy atom. The highest BCUT2D eigenvalue weighted by Crippen LogP contribution is 2.29. The topological polar surface area (TPSA) is 62.3 Å². The van der Waals surface area contributed by atoms with E-state index in [9.17, 15) is 9.90 Å². The minimum absolute atomic E-state index is 0.0308. The number of aromatic hydroxyl groups is 1. The Hall–Kier alpha value is -1.97. The predicted molar refractivity (Wildman–Crippen MR) is 52.8 cm³/mol. The summed E-state index contributed by atoms with van der Waals surface area (Å²) in [5.74, 6) is 0.333. The Balaban J connectivity index is 2.86. The number of hydrogen-bond donors (Lipinski definition) is 2. The van der Waals surface area contributed by atoms with Crippen LogP contribution in [0.5, 0.6) is 11.5 Å². The molecule has 0 saturated heterocycles. The number of H-pyrrole nitrogens is 1. The number of aromatic nitrogens is 1. The van der Waals surface area contributed by atoms with Crippen LogP contribution in [0.1, 0.15) is 0 Å². The summed E-state index contributed by atoms with van der Waals surface area (Å²) in [6, 6.07) is 4.77. The van der Waals surface area contributed by atoms with Gasteiger partial charge in [-0.2, -0.15) is 0 Å². The molecule has 0 saturated carbocycles. The van der Waals surface area contributed by atoms with Crippen LogP contribution < -0.4 is 10.3 Å². The zero-order valence-corrected chi connectivity index (χ0v) is 7.57. The van der Waals surface area contributed by atoms with Gasteiger partial charge in [0, 0.05) is 6.20 Å². The van der Waals surface area contributed by atoms with Crippen molar-refractivity contribution >= 4 is 10.8 Å². The average molecular weight is 191 g/mol. The number of aromatic amines is 1. The van der Waals surface area contributed by atoms with Crippen molar-refractivity contribution in [3.05, 3.63) is 34.7 Å². The fourth-order valence-electron chi connectivity index (χ4n) is 1.37. The fraction of sp³-hybridized carbons (Fsp3) is 0.100. The van der Waals surface area contributed by atoms with E-state index >= 15 is 0 Å². The lowest BCUT2D eigenvalue weighted by atomic mass is 10.1. The Morgan fingerprint density at radius 1 is 1.43 bits per heavy atom. The maximum Gasteiger partial charge on any atom is 0.255 e. The van der Waals surface area contributed by atoms with Crippen LogP contribution in [0.15, 0.2) is 29.2 Å². The fourth-order valence-corrected chi connectivity index (χ4v) is 1.37. The molecule has 2 aromatic rings. The van der Waals surface area contributed by atoms with E-state index in [4.69, 9.17) is 4.74 Å². The van der Waals surface area contributed by atoms with Crippen molar-refractivity contribution in [3.63, 3.8) is 0 Å². The summed E-state index contributed by atoms with van der Waals surface area (Å²) < 4.78 is 4.93. The minimum atomic E-state index is -0.222. The lowest BCUT2D eigenvalue weighted by molar-refractivity contribution is 0.374. The molecule has 0 aliphatic rings. The van der Waals surface area contributed by atoms with Gasteiger partial charge in [0.1, 0.15) is 0 Å². The number of phenols is 1. The number of phenolic OH excluding ortho intramolecular Hbond substituents is 1. The highest BCUT2D eigenvalue weighted by atomic mass is 16.5. The molecule has 1 aromatic heterocycles. The number of methoxy groups -OCH3 is 1. The molecule has 2 rings (SSSR count). The molecule has 0 aliphatic carbocycles. The standard InChI is InChI=1S/C10H9NO3/c1-14-9-4-6-2-3-11-10(13)7(6)5-8(9)12/h2-5,12H,1H3,(H,11,13). The number of rotatable bonds is 1. The third-order valence-corrected chi connectivity index (χ3v) is 2.07. The predicted octanol–water partition coefficient (Wildman–Crippen LogP) is 1.24. The number of fused-ring (bicyclic) bond motifs is 1. The van der Waals surface area contributed by atoms with Gasteiger partial charge >= 0.3 is 0 Å². The molecule has 0 fully saturated rings. The summed E-state index contributed by atoms with van der Waals surface area (Å²) in [6.07, 6.45) is 1.56. The van der Waals surface area contributed by atoms with Crippen molar-refractivity contribution in [1.82, 2.24) is 4.98 Å². The summed E-state index contributed by atoms with van der Waals surface area (Å²) in [7, 11) is 1.47. The molecule has 1 heterocycles. The third kappa shape index (κ3) is 1.21. The number of benzene rings is 1. The van der Waals surface area contributed by atoms with Gasteiger partial charge in [0.25, 0.3) is 5.56 Å². The van der Waals surface area contributed by atoms with Gasteiger partial charge < -0.3 is 14.8 Å². The van der Waals surface area contributed by atoms with E-state index < -0.39 is 0 Å². The summed E-state index contributed by atoms with van der Waals surface area (Å²) in [5, 5.41) is 10.6. The first kappa shape index (κ1) is 8.62. The maximum atomic E-state index is 11.3. The van der Waals surface area contributed by atoms with Gasteiger partial charge in [-0.1, -0.05) is 0 Å². The Labute approximate surface area is 79.8 Å². The Bertz CT molecular complexity index is 530. The zero-order valence-electron chi connectivity index (χ0n) is 7.57. The molecule has 2 N–H and O–H groups in total. The molecule has 14 heavy (non-hydrogen) atoms. The molecule has 0 atom stereocenters. The summed E-state index contributed by atoms with van der Waals surface area (Å²) in [6.45, 7) is 0. The van der Waals surface area contributed by atoms with Crippen LogP contribution in [0, 0.1) is 0 Å². The van der Waals surface area contributed by atoms with Gasteiger partial charge in [-0.05, 0) is 23.6 Å². The zero-order chi connectivity index (χ0) is 10.1. The van der Waals surface area contributed by atoms with Gasteiger partial charge in [0.2, 0.25) is 0 Å². The van der Waals surface area contributed by atoms with Crippen molar-refractivity contribution in [2.75, 3.05) is 7.11 Å². The second-order valence-electron chi connectivity index (χ2n) is 2.92. The number of pyridine rings is 1. The molecule has 0 amide bonds. The Kier molecular flexibility index (Phi) is 1.89. The SMILES string of the molecule is COc1cc2cc[nH]c(=O)c2cc1O. The van der Waals surface area contributed by atoms with Crippen LogP contribution in [-0.2, 0) is 0 Å². The van der Waals surface area contributed by atoms with Crippen LogP contribution in [0.2, 0.25) is 0 Å². The normalized spacial score (nSPS) is 10.4. The van der Waals surface area contributed by atoms with Crippen molar-refractivity contribution in [2.24, 2.45) is 0 Å². The summed E-state index contributed by atoms with van der Waals surface area (Å²) in [4.78, 5) is 13.9. The number of hydrogen-bond acceptors (Lipinski definition) is 3. The second-order valence-corrected chi connectivity index (χ2v) is 2.92. The van der Waals surface area contributed by atoms with Gasteiger partial charge in [-0.3, -0.25) is 4.79 Å². The van der Waals surface area contributed by atoms with Crippen LogP contribution >= 0.6 is 0 Å². The van der Waals surface area contributed by atoms with Crippen LogP contribution in [-0.4, -0.2) is 17.2 Å². The van der Waals surface area contributed by atoms with E-state index in [0.717, 1.165) is 5.39 Å². The smallest absolute Gasteiger partial charge is 0.255 e. The van der Waals surface area contributed by atoms with Gasteiger partial charge in [0.15, 0.2) is 11.5 Å². The highest BCUT2D eigenvalue weighted by molar-refractivity contribution is 5.84. The first-order valence-corrected chi connectivity index (χ1v) is 4.11. The molecule has 0 unspecified atom stereocenters. The molecule has 0 bridgehead atoms. The second kappa shape index (κ2) is 3.06. The molecular formula is C10H9NO3. The lowest BCUT2D eigenvalue weighted by Gasteiger charge is -2.04. The molecule has 0 radical (unpaired) electrons. The first-order chi connectivity index (χ1) is 6.72. The largest absolute Gasteiger partial charge is 0.504 e. The van der Waals surface area contributed by atoms with E-state index in [1.54, 1.807) is 18.3 Å². The van der Waals surface area contributed by atoms with E-state index in [1.807, 2.05) is 0 Å². The summed E-state index contributed by atoms with van der Waals surface area (Å²) >= 11 is 0. The van der Waals surface area contributed by atoms with E-state index in [2.05, 4.69) is 4.98 Å². The monoisotopic (exact) mass is 191 g/mol. The molecule has 4 nitrogen and oxygen atoms in total. The molecule has 1 aromatic carbocycles. The average Bonchev–Trinajstić information content (AvgIpc) is 2.19. The highest BCUT2D eigenvalue weighted by Gasteiger charge is 2.05. The van der Waals surface area contributed by atoms with Gasteiger partial charge in [-0.25, -0.2) is 0 Å². The van der Waals surface area contributed by atoms with Crippen molar-refractivity contribution in [1.29, 1.82) is 0 Å². The van der Waals surface area contributed by atoms with Crippen LogP contribution in [0.3, 0.4) is 0 Å². The quantitative estimate of drug-likeness (QED) is 0.712. The Morgan fingerprint density at radius 3 is 2.93 bits per heavy atom. The van der Waals surface area contributed by atoms with Crippen LogP contribution in [0.4, 0.5) is 0 Å². The third-order valence-electron chi connectivity index (χ3n) is 2.07. The van der Waals surface area contributed by atoms with Crippen LogP contribution in [0.25, 0.3) is 10.8 Å². The lowest BCUT2D eigenvalue weighted by Crippen LogP contribution is -2.04. The first-order valence-electron chi connectivity index (χ1n) is 4.11. The van der Waals surface area contributed by atoms with Crippen molar-refractivity contribution in [2.45, 2.75) is 0 Å². The molecular weight excluding hydrogens is 182 g/mol. The van der Waals surface area contributed by atoms with E-state index in [-0.39, 0.29) is 11.3 Å². The molecule has 0 aliphatic heterocycles. The molecule has 4 heteroatoms. The molecule has 0 spiro atoms. The minimum Gasteiger partial charge on any atom is -0.504 e. The number of nitrogens with one attached hydrogen (secondary N) is 1. The molecule has 72 valence electrons. The van der Waals surface area contributed by atoms with E-state index in [0.29, 0.717) is 11.1 Å².